The zero-order valence-corrected chi connectivity index (χ0v) is 18.2. The number of aromatic nitrogens is 4. The summed E-state index contributed by atoms with van der Waals surface area (Å²) in [5.41, 5.74) is 10.7. The molecule has 0 N–H and O–H groups in total. The summed E-state index contributed by atoms with van der Waals surface area (Å²) < 4.78 is 3.83. The molecular formula is C24H25ClN4. The largest absolute Gasteiger partial charge is 0.250 e. The second-order valence-electron chi connectivity index (χ2n) is 7.76. The minimum atomic E-state index is 0.501. The number of nitrogens with zero attached hydrogens (tertiary/aromatic N) is 4. The second kappa shape index (κ2) is 7.53. The molecule has 0 saturated heterocycles. The van der Waals surface area contributed by atoms with Crippen molar-refractivity contribution in [3.05, 3.63) is 81.6 Å². The lowest BCUT2D eigenvalue weighted by atomic mass is 9.98. The molecule has 4 nitrogen and oxygen atoms in total. The molecule has 0 aliphatic rings. The Kier molecular flexibility index (Phi) is 5.05. The first-order valence-electron chi connectivity index (χ1n) is 9.74. The van der Waals surface area contributed by atoms with Crippen LogP contribution in [-0.2, 0) is 6.67 Å². The number of benzene rings is 2. The van der Waals surface area contributed by atoms with Crippen LogP contribution >= 0.6 is 11.6 Å². The van der Waals surface area contributed by atoms with Crippen LogP contribution in [0.3, 0.4) is 0 Å². The summed E-state index contributed by atoms with van der Waals surface area (Å²) in [6, 6.07) is 13.1. The van der Waals surface area contributed by atoms with E-state index in [-0.39, 0.29) is 0 Å². The average Bonchev–Trinajstić information content (AvgIpc) is 3.23. The van der Waals surface area contributed by atoms with E-state index in [4.69, 9.17) is 16.7 Å². The fourth-order valence-electron chi connectivity index (χ4n) is 3.62. The van der Waals surface area contributed by atoms with E-state index in [2.05, 4.69) is 76.1 Å². The fourth-order valence-corrected chi connectivity index (χ4v) is 3.78. The van der Waals surface area contributed by atoms with Gasteiger partial charge < -0.3 is 0 Å². The highest BCUT2D eigenvalue weighted by atomic mass is 35.5. The molecule has 0 unspecified atom stereocenters. The van der Waals surface area contributed by atoms with Crippen molar-refractivity contribution in [2.24, 2.45) is 0 Å². The van der Waals surface area contributed by atoms with Crippen LogP contribution in [0.4, 0.5) is 0 Å². The molecule has 2 heterocycles. The van der Waals surface area contributed by atoms with E-state index in [0.717, 1.165) is 28.1 Å². The molecule has 2 aromatic heterocycles. The van der Waals surface area contributed by atoms with Crippen LogP contribution in [0, 0.1) is 34.6 Å². The zero-order chi connectivity index (χ0) is 20.7. The molecule has 0 amide bonds. The lowest BCUT2D eigenvalue weighted by molar-refractivity contribution is 0.508. The first kappa shape index (κ1) is 19.5. The van der Waals surface area contributed by atoms with Gasteiger partial charge in [0.2, 0.25) is 0 Å². The third-order valence-corrected chi connectivity index (χ3v) is 5.83. The molecule has 4 aromatic rings. The third kappa shape index (κ3) is 3.73. The van der Waals surface area contributed by atoms with Gasteiger partial charge in [-0.25, -0.2) is 9.36 Å². The van der Waals surface area contributed by atoms with E-state index < -0.39 is 0 Å². The number of rotatable bonds is 4. The number of halogens is 1. The molecule has 0 atom stereocenters. The van der Waals surface area contributed by atoms with Crippen LogP contribution in [0.2, 0.25) is 5.02 Å². The van der Waals surface area contributed by atoms with Gasteiger partial charge in [-0.2, -0.15) is 10.2 Å². The molecule has 148 valence electrons. The monoisotopic (exact) mass is 404 g/mol. The third-order valence-electron chi connectivity index (χ3n) is 5.63. The molecule has 2 aromatic carbocycles. The van der Waals surface area contributed by atoms with Gasteiger partial charge in [0.05, 0.1) is 22.6 Å². The van der Waals surface area contributed by atoms with Crippen molar-refractivity contribution >= 4 is 11.6 Å². The predicted molar refractivity (Wildman–Crippen MR) is 119 cm³/mol. The Morgan fingerprint density at radius 3 is 2.03 bits per heavy atom. The maximum absolute atomic E-state index is 6.07. The SMILES string of the molecule is Cc1ccc(-c2nn(Cn3cc(Cl)cn3)c(-c3ccc(C)c(C)c3)c2C)cc1C. The Labute approximate surface area is 176 Å². The summed E-state index contributed by atoms with van der Waals surface area (Å²) in [5.74, 6) is 0. The van der Waals surface area contributed by atoms with Crippen molar-refractivity contribution in [3.8, 4) is 22.5 Å². The first-order valence-corrected chi connectivity index (χ1v) is 10.1. The van der Waals surface area contributed by atoms with Crippen LogP contribution in [0.25, 0.3) is 22.5 Å². The van der Waals surface area contributed by atoms with Crippen molar-refractivity contribution in [1.82, 2.24) is 19.6 Å². The summed E-state index contributed by atoms with van der Waals surface area (Å²) in [4.78, 5) is 0. The van der Waals surface area contributed by atoms with E-state index in [1.807, 2.05) is 15.6 Å². The van der Waals surface area contributed by atoms with E-state index in [9.17, 15) is 0 Å². The van der Waals surface area contributed by atoms with Crippen molar-refractivity contribution in [2.45, 2.75) is 41.3 Å². The first-order chi connectivity index (χ1) is 13.8. The van der Waals surface area contributed by atoms with E-state index in [0.29, 0.717) is 11.7 Å². The highest BCUT2D eigenvalue weighted by molar-refractivity contribution is 6.30. The molecule has 0 aliphatic carbocycles. The normalized spacial score (nSPS) is 11.2. The Bertz CT molecular complexity index is 1200. The summed E-state index contributed by atoms with van der Waals surface area (Å²) in [5, 5.41) is 9.96. The van der Waals surface area contributed by atoms with Gasteiger partial charge in [0.25, 0.3) is 0 Å². The molecule has 4 rings (SSSR count). The van der Waals surface area contributed by atoms with E-state index in [1.165, 1.54) is 22.3 Å². The molecule has 0 spiro atoms. The summed E-state index contributed by atoms with van der Waals surface area (Å²) in [6.45, 7) is 11.2. The molecular weight excluding hydrogens is 380 g/mol. The van der Waals surface area contributed by atoms with Crippen LogP contribution in [-0.4, -0.2) is 19.6 Å². The van der Waals surface area contributed by atoms with Gasteiger partial charge in [0.15, 0.2) is 0 Å². The van der Waals surface area contributed by atoms with Gasteiger partial charge in [-0.15, -0.1) is 0 Å². The van der Waals surface area contributed by atoms with Gasteiger partial charge in [-0.3, -0.25) is 0 Å². The van der Waals surface area contributed by atoms with Crippen molar-refractivity contribution < 1.29 is 0 Å². The Morgan fingerprint density at radius 2 is 1.45 bits per heavy atom. The fraction of sp³-hybridized carbons (Fsp3) is 0.250. The lowest BCUT2D eigenvalue weighted by Crippen LogP contribution is -2.11. The quantitative estimate of drug-likeness (QED) is 0.411. The Hall–Kier alpha value is -2.85. The highest BCUT2D eigenvalue weighted by Crippen LogP contribution is 2.33. The molecule has 0 aliphatic heterocycles. The number of hydrogen-bond acceptors (Lipinski definition) is 2. The van der Waals surface area contributed by atoms with E-state index >= 15 is 0 Å². The second-order valence-corrected chi connectivity index (χ2v) is 8.20. The molecule has 0 saturated carbocycles. The van der Waals surface area contributed by atoms with Gasteiger partial charge in [0, 0.05) is 22.9 Å². The van der Waals surface area contributed by atoms with Crippen LogP contribution in [0.5, 0.6) is 0 Å². The Morgan fingerprint density at radius 1 is 0.828 bits per heavy atom. The molecule has 0 radical (unpaired) electrons. The predicted octanol–water partition coefficient (Wildman–Crippen LogP) is 6.11. The van der Waals surface area contributed by atoms with Crippen molar-refractivity contribution in [2.75, 3.05) is 0 Å². The number of hydrogen-bond donors (Lipinski definition) is 0. The maximum atomic E-state index is 6.07. The van der Waals surface area contributed by atoms with Crippen LogP contribution in [0.1, 0.15) is 27.8 Å². The van der Waals surface area contributed by atoms with Crippen molar-refractivity contribution in [3.63, 3.8) is 0 Å². The van der Waals surface area contributed by atoms with Crippen LogP contribution in [0.15, 0.2) is 48.8 Å². The van der Waals surface area contributed by atoms with Crippen molar-refractivity contribution in [1.29, 1.82) is 0 Å². The van der Waals surface area contributed by atoms with Gasteiger partial charge >= 0.3 is 0 Å². The standard InChI is InChI=1S/C24H25ClN4/c1-15-6-8-20(10-17(15)3)23-19(5)24(21-9-7-16(2)18(4)11-21)29(27-23)14-28-13-22(25)12-26-28/h6-13H,14H2,1-5H3. The average molecular weight is 405 g/mol. The molecule has 5 heteroatoms. The summed E-state index contributed by atoms with van der Waals surface area (Å²) >= 11 is 6.07. The van der Waals surface area contributed by atoms with Gasteiger partial charge in [-0.05, 0) is 69.0 Å². The maximum Gasteiger partial charge on any atom is 0.133 e. The smallest absolute Gasteiger partial charge is 0.133 e. The highest BCUT2D eigenvalue weighted by Gasteiger charge is 2.18. The zero-order valence-electron chi connectivity index (χ0n) is 17.5. The lowest BCUT2D eigenvalue weighted by Gasteiger charge is -2.10. The molecule has 0 fully saturated rings. The topological polar surface area (TPSA) is 35.6 Å². The number of aryl methyl sites for hydroxylation is 4. The van der Waals surface area contributed by atoms with Gasteiger partial charge in [-0.1, -0.05) is 35.9 Å². The minimum absolute atomic E-state index is 0.501. The summed E-state index contributed by atoms with van der Waals surface area (Å²) in [7, 11) is 0. The van der Waals surface area contributed by atoms with E-state index in [1.54, 1.807) is 6.20 Å². The molecule has 0 bridgehead atoms. The van der Waals surface area contributed by atoms with Gasteiger partial charge in [0.1, 0.15) is 6.67 Å². The van der Waals surface area contributed by atoms with Crippen LogP contribution < -0.4 is 0 Å². The summed E-state index contributed by atoms with van der Waals surface area (Å²) in [6.07, 6.45) is 3.47. The Balaban J connectivity index is 1.89. The molecule has 29 heavy (non-hydrogen) atoms. The minimum Gasteiger partial charge on any atom is -0.250 e.